The minimum absolute atomic E-state index is 0.249. The van der Waals surface area contributed by atoms with Gasteiger partial charge < -0.3 is 89.9 Å². The van der Waals surface area contributed by atoms with Gasteiger partial charge in [-0.25, -0.2) is 0 Å². The predicted octanol–water partition coefficient (Wildman–Crippen LogP) is 11.6. The molecule has 1 amide bonds. The summed E-state index contributed by atoms with van der Waals surface area (Å²) in [6, 6.07) is -0.966. The topological polar surface area (TPSA) is 307 Å². The number of ether oxygens (including phenoxy) is 6. The first-order valence-electron chi connectivity index (χ1n) is 38.4. The molecule has 17 atom stereocenters. The Labute approximate surface area is 563 Å². The van der Waals surface area contributed by atoms with Crippen LogP contribution in [0.2, 0.25) is 0 Å². The molecule has 0 aliphatic carbocycles. The van der Waals surface area contributed by atoms with Crippen LogP contribution in [0.25, 0.3) is 0 Å². The first-order valence-corrected chi connectivity index (χ1v) is 38.4. The summed E-state index contributed by atoms with van der Waals surface area (Å²) in [7, 11) is 0. The van der Waals surface area contributed by atoms with Gasteiger partial charge in [0.05, 0.1) is 38.6 Å². The standard InChI is InChI=1S/C74H141NO18/c1-3-5-7-9-11-12-13-14-15-16-17-18-19-20-21-22-23-24-25-26-27-28-29-30-31-32-33-34-35-36-37-38-39-40-41-42-43-44-46-48-50-52-62(80)75-57(58(79)51-49-47-45-10-8-6-4-2)56-88-72-68(86)65(83)70(60(54-77)90-72)93-74-69(87)66(84)71(61(55-78)91-74)92-73-67(85)64(82)63(81)59(53-76)89-73/h49,51,57-61,63-74,76-79,81-87H,3-48,50,52-56H2,1-2H3,(H,75,80)/b51-49+. The molecule has 0 aromatic heterocycles. The van der Waals surface area contributed by atoms with Crippen LogP contribution in [-0.4, -0.2) is 193 Å². The van der Waals surface area contributed by atoms with Crippen LogP contribution in [0.5, 0.6) is 0 Å². The van der Waals surface area contributed by atoms with E-state index in [0.29, 0.717) is 6.42 Å². The summed E-state index contributed by atoms with van der Waals surface area (Å²) >= 11 is 0. The number of hydrogen-bond acceptors (Lipinski definition) is 18. The lowest BCUT2D eigenvalue weighted by Crippen LogP contribution is -2.66. The van der Waals surface area contributed by atoms with Gasteiger partial charge in [-0.1, -0.05) is 309 Å². The van der Waals surface area contributed by atoms with Gasteiger partial charge in [0.2, 0.25) is 5.91 Å². The van der Waals surface area contributed by atoms with Crippen molar-refractivity contribution in [2.75, 3.05) is 26.4 Å². The van der Waals surface area contributed by atoms with Crippen LogP contribution in [0.4, 0.5) is 0 Å². The molecule has 19 heteroatoms. The van der Waals surface area contributed by atoms with Crippen molar-refractivity contribution < 1.29 is 89.4 Å². The zero-order valence-corrected chi connectivity index (χ0v) is 58.5. The lowest BCUT2D eigenvalue weighted by Gasteiger charge is -2.48. The number of nitrogens with one attached hydrogen (secondary N) is 1. The molecule has 3 saturated heterocycles. The molecule has 0 bridgehead atoms. The van der Waals surface area contributed by atoms with E-state index < -0.39 is 124 Å². The van der Waals surface area contributed by atoms with E-state index in [4.69, 9.17) is 28.4 Å². The third-order valence-corrected chi connectivity index (χ3v) is 19.6. The lowest BCUT2D eigenvalue weighted by atomic mass is 9.96. The van der Waals surface area contributed by atoms with E-state index in [2.05, 4.69) is 19.2 Å². The molecular formula is C74H141NO18. The number of unbranched alkanes of at least 4 members (excludes halogenated alkanes) is 45. The molecule has 550 valence electrons. The Balaban J connectivity index is 1.20. The molecule has 3 aliphatic rings. The zero-order valence-electron chi connectivity index (χ0n) is 58.5. The largest absolute Gasteiger partial charge is 0.394 e. The van der Waals surface area contributed by atoms with Crippen LogP contribution in [-0.2, 0) is 33.2 Å². The zero-order chi connectivity index (χ0) is 67.5. The van der Waals surface area contributed by atoms with E-state index in [-0.39, 0.29) is 18.9 Å². The molecule has 93 heavy (non-hydrogen) atoms. The van der Waals surface area contributed by atoms with E-state index in [1.54, 1.807) is 6.08 Å². The highest BCUT2D eigenvalue weighted by molar-refractivity contribution is 5.76. The number of rotatable bonds is 61. The van der Waals surface area contributed by atoms with Crippen LogP contribution in [0, 0.1) is 0 Å². The SMILES string of the molecule is CCCCCCC/C=C/C(O)C(COC1OC(CO)C(OC2OC(CO)C(OC3OC(CO)C(O)C(O)C3O)C(O)C2O)C(O)C1O)NC(=O)CCCCCCCCCCCCCCCCCCCCCCCCCCCCCCCCCCCCCCCCCCC. The Kier molecular flexibility index (Phi) is 51.9. The quantitative estimate of drug-likeness (QED) is 0.0199. The molecule has 3 aliphatic heterocycles. The molecule has 0 aromatic rings. The maximum atomic E-state index is 13.3. The smallest absolute Gasteiger partial charge is 0.220 e. The Morgan fingerprint density at radius 2 is 0.667 bits per heavy atom. The molecule has 0 aromatic carbocycles. The second-order valence-electron chi connectivity index (χ2n) is 27.8. The molecule has 3 fully saturated rings. The Morgan fingerprint density at radius 1 is 0.376 bits per heavy atom. The molecule has 0 radical (unpaired) electrons. The van der Waals surface area contributed by atoms with Crippen molar-refractivity contribution in [1.82, 2.24) is 5.32 Å². The van der Waals surface area contributed by atoms with Gasteiger partial charge in [0.1, 0.15) is 73.2 Å². The summed E-state index contributed by atoms with van der Waals surface area (Å²) in [5.74, 6) is -0.274. The molecule has 0 spiro atoms. The summed E-state index contributed by atoms with van der Waals surface area (Å²) in [4.78, 5) is 13.3. The molecule has 12 N–H and O–H groups in total. The van der Waals surface area contributed by atoms with Crippen LogP contribution in [0.15, 0.2) is 12.2 Å². The Morgan fingerprint density at radius 3 is 1.01 bits per heavy atom. The second kappa shape index (κ2) is 56.3. The first kappa shape index (κ1) is 85.8. The minimum Gasteiger partial charge on any atom is -0.394 e. The molecule has 0 saturated carbocycles. The van der Waals surface area contributed by atoms with Gasteiger partial charge in [0.25, 0.3) is 0 Å². The van der Waals surface area contributed by atoms with Gasteiger partial charge >= 0.3 is 0 Å². The van der Waals surface area contributed by atoms with Crippen LogP contribution in [0.3, 0.4) is 0 Å². The van der Waals surface area contributed by atoms with Crippen molar-refractivity contribution >= 4 is 5.91 Å². The molecule has 3 rings (SSSR count). The van der Waals surface area contributed by atoms with Crippen LogP contribution >= 0.6 is 0 Å². The number of allylic oxidation sites excluding steroid dienone is 1. The molecule has 17 unspecified atom stereocenters. The van der Waals surface area contributed by atoms with Gasteiger partial charge in [0.15, 0.2) is 18.9 Å². The number of hydrogen-bond donors (Lipinski definition) is 12. The highest BCUT2D eigenvalue weighted by atomic mass is 16.8. The van der Waals surface area contributed by atoms with E-state index in [1.807, 2.05) is 6.08 Å². The van der Waals surface area contributed by atoms with Crippen molar-refractivity contribution in [3.63, 3.8) is 0 Å². The molecular weight excluding hydrogens is 1190 g/mol. The van der Waals surface area contributed by atoms with E-state index in [1.165, 1.54) is 238 Å². The fourth-order valence-electron chi connectivity index (χ4n) is 13.4. The maximum absolute atomic E-state index is 13.3. The fraction of sp³-hybridized carbons (Fsp3) is 0.959. The molecule has 3 heterocycles. The lowest BCUT2D eigenvalue weighted by molar-refractivity contribution is -0.379. The van der Waals surface area contributed by atoms with Gasteiger partial charge in [0, 0.05) is 6.42 Å². The highest BCUT2D eigenvalue weighted by Crippen LogP contribution is 2.33. The van der Waals surface area contributed by atoms with Gasteiger partial charge in [-0.15, -0.1) is 0 Å². The maximum Gasteiger partial charge on any atom is 0.220 e. The van der Waals surface area contributed by atoms with Gasteiger partial charge in [-0.2, -0.15) is 0 Å². The predicted molar refractivity (Wildman–Crippen MR) is 365 cm³/mol. The van der Waals surface area contributed by atoms with Gasteiger partial charge in [-0.05, 0) is 19.3 Å². The highest BCUT2D eigenvalue weighted by Gasteiger charge is 2.53. The fourth-order valence-corrected chi connectivity index (χ4v) is 13.4. The Bertz CT molecular complexity index is 1730. The van der Waals surface area contributed by atoms with Crippen molar-refractivity contribution in [3.8, 4) is 0 Å². The third-order valence-electron chi connectivity index (χ3n) is 19.6. The van der Waals surface area contributed by atoms with Crippen molar-refractivity contribution in [2.24, 2.45) is 0 Å². The average molecular weight is 1330 g/mol. The number of aliphatic hydroxyl groups is 11. The summed E-state index contributed by atoms with van der Waals surface area (Å²) in [5, 5.41) is 120. The Hall–Kier alpha value is -1.47. The minimum atomic E-state index is -1.97. The third kappa shape index (κ3) is 37.5. The van der Waals surface area contributed by atoms with Crippen LogP contribution in [0.1, 0.15) is 322 Å². The monoisotopic (exact) mass is 1330 g/mol. The second-order valence-corrected chi connectivity index (χ2v) is 27.8. The van der Waals surface area contributed by atoms with E-state index in [0.717, 1.165) is 57.8 Å². The number of carbonyl (C=O) groups excluding carboxylic acids is 1. The first-order chi connectivity index (χ1) is 45.3. The number of amides is 1. The van der Waals surface area contributed by atoms with E-state index >= 15 is 0 Å². The average Bonchev–Trinajstić information content (AvgIpc) is 0.849. The van der Waals surface area contributed by atoms with Crippen molar-refractivity contribution in [3.05, 3.63) is 12.2 Å². The summed E-state index contributed by atoms with van der Waals surface area (Å²) in [6.45, 7) is 1.69. The summed E-state index contributed by atoms with van der Waals surface area (Å²) in [5.41, 5.74) is 0. The van der Waals surface area contributed by atoms with Crippen LogP contribution < -0.4 is 5.32 Å². The van der Waals surface area contributed by atoms with Crippen molar-refractivity contribution in [1.29, 1.82) is 0 Å². The van der Waals surface area contributed by atoms with E-state index in [9.17, 15) is 61.0 Å². The van der Waals surface area contributed by atoms with Crippen molar-refractivity contribution in [2.45, 2.75) is 426 Å². The number of carbonyl (C=O) groups is 1. The summed E-state index contributed by atoms with van der Waals surface area (Å²) < 4.78 is 34.2. The molecule has 19 nitrogen and oxygen atoms in total. The number of aliphatic hydroxyl groups excluding tert-OH is 11. The van der Waals surface area contributed by atoms with Gasteiger partial charge in [-0.3, -0.25) is 4.79 Å². The summed E-state index contributed by atoms with van der Waals surface area (Å²) in [6.07, 6.45) is 38.9. The normalized spacial score (nSPS) is 27.5.